The second kappa shape index (κ2) is 7.95. The molecule has 3 N–H and O–H groups in total. The molecule has 0 spiro atoms. The van der Waals surface area contributed by atoms with E-state index in [0.29, 0.717) is 6.04 Å². The first-order valence-corrected chi connectivity index (χ1v) is 2.82. The topological polar surface area (TPSA) is 38.0 Å². The van der Waals surface area contributed by atoms with Crippen molar-refractivity contribution in [2.45, 2.75) is 12.5 Å². The van der Waals surface area contributed by atoms with Gasteiger partial charge in [-0.1, -0.05) is 12.2 Å². The lowest BCUT2D eigenvalue weighted by molar-refractivity contribution is 0.770. The van der Waals surface area contributed by atoms with E-state index in [0.717, 1.165) is 6.42 Å². The normalized spacial score (nSPS) is 20.6. The van der Waals surface area contributed by atoms with Gasteiger partial charge in [-0.2, -0.15) is 0 Å². The van der Waals surface area contributed by atoms with Crippen LogP contribution in [0.25, 0.3) is 0 Å². The Labute approximate surface area is 62.9 Å². The van der Waals surface area contributed by atoms with Crippen molar-refractivity contribution in [2.75, 3.05) is 14.1 Å². The van der Waals surface area contributed by atoms with Crippen molar-refractivity contribution in [1.29, 1.82) is 0 Å². The van der Waals surface area contributed by atoms with Crippen LogP contribution in [0, 0.1) is 0 Å². The van der Waals surface area contributed by atoms with Gasteiger partial charge in [0.1, 0.15) is 0 Å². The van der Waals surface area contributed by atoms with E-state index in [2.05, 4.69) is 11.4 Å². The van der Waals surface area contributed by atoms with Crippen LogP contribution in [0.5, 0.6) is 0 Å². The van der Waals surface area contributed by atoms with Crippen LogP contribution in [-0.4, -0.2) is 20.1 Å². The van der Waals surface area contributed by atoms with Crippen molar-refractivity contribution in [3.63, 3.8) is 0 Å². The van der Waals surface area contributed by atoms with Gasteiger partial charge in [0.15, 0.2) is 0 Å². The maximum atomic E-state index is 5.29. The highest BCUT2D eigenvalue weighted by atomic mass is 35.5. The van der Waals surface area contributed by atoms with Gasteiger partial charge in [0.25, 0.3) is 0 Å². The highest BCUT2D eigenvalue weighted by molar-refractivity contribution is 5.85. The van der Waals surface area contributed by atoms with Crippen molar-refractivity contribution in [3.05, 3.63) is 12.2 Å². The lowest BCUT2D eigenvalue weighted by Gasteiger charge is -2.08. The third-order valence-corrected chi connectivity index (χ3v) is 0.792. The zero-order chi connectivity index (χ0) is 6.41. The van der Waals surface area contributed by atoms with Gasteiger partial charge in [0.05, 0.1) is 0 Å². The Morgan fingerprint density at radius 1 is 1.56 bits per heavy atom. The van der Waals surface area contributed by atoms with Crippen LogP contribution < -0.4 is 11.1 Å². The van der Waals surface area contributed by atoms with Gasteiger partial charge in [0, 0.05) is 6.04 Å². The molecule has 2 nitrogen and oxygen atoms in total. The number of hydrogen-bond donors (Lipinski definition) is 2. The third kappa shape index (κ3) is 7.95. The molecular weight excluding hydrogens is 136 g/mol. The number of nitrogens with two attached hydrogens (primary N) is 1. The molecule has 0 amide bonds. The summed E-state index contributed by atoms with van der Waals surface area (Å²) in [5.74, 6) is 0. The van der Waals surface area contributed by atoms with Crippen LogP contribution in [-0.2, 0) is 0 Å². The van der Waals surface area contributed by atoms with Crippen molar-refractivity contribution in [1.82, 2.24) is 5.32 Å². The van der Waals surface area contributed by atoms with Crippen molar-refractivity contribution < 1.29 is 0 Å². The Morgan fingerprint density at radius 2 is 1.78 bits per heavy atom. The number of halogens is 1. The highest BCUT2D eigenvalue weighted by Crippen LogP contribution is 2.01. The molecule has 1 unspecified atom stereocenters. The highest BCUT2D eigenvalue weighted by Gasteiger charge is 1.99. The van der Waals surface area contributed by atoms with Gasteiger partial charge >= 0.3 is 0 Å². The molecule has 9 heavy (non-hydrogen) atoms. The molecule has 3 heteroatoms. The fourth-order valence-electron chi connectivity index (χ4n) is 0.293. The lowest BCUT2D eigenvalue weighted by Crippen LogP contribution is -2.20. The Morgan fingerprint density at radius 3 is 1.78 bits per heavy atom. The van der Waals surface area contributed by atoms with E-state index in [4.69, 9.17) is 5.73 Å². The lowest BCUT2D eigenvalue weighted by atomic mass is 10.1. The second-order valence-electron chi connectivity index (χ2n) is 1.83. The summed E-state index contributed by atoms with van der Waals surface area (Å²) in [5.41, 5.74) is 5.29. The SMILES string of the molecule is CNC.Cl.NC1C=CC1. The molecule has 0 aromatic carbocycles. The Kier molecular flexibility index (Phi) is 10.3. The van der Waals surface area contributed by atoms with Gasteiger partial charge in [0.2, 0.25) is 0 Å². The molecule has 0 saturated carbocycles. The number of rotatable bonds is 0. The largest absolute Gasteiger partial charge is 0.324 e. The standard InChI is InChI=1S/C4H7N.C2H7N.ClH/c5-4-2-1-3-4;1-3-2;/h1-2,4H,3,5H2;3H,1-2H3;1H. The Balaban J connectivity index is 0. The molecular formula is C6H15ClN2. The minimum absolute atomic E-state index is 0. The molecule has 0 aromatic heterocycles. The van der Waals surface area contributed by atoms with E-state index in [1.54, 1.807) is 0 Å². The zero-order valence-electron chi connectivity index (χ0n) is 5.92. The summed E-state index contributed by atoms with van der Waals surface area (Å²) in [6, 6.07) is 0.384. The van der Waals surface area contributed by atoms with Crippen LogP contribution in [0.1, 0.15) is 6.42 Å². The maximum Gasteiger partial charge on any atom is 0.0258 e. The third-order valence-electron chi connectivity index (χ3n) is 0.792. The monoisotopic (exact) mass is 150 g/mol. The second-order valence-corrected chi connectivity index (χ2v) is 1.83. The van der Waals surface area contributed by atoms with E-state index in [-0.39, 0.29) is 12.4 Å². The maximum absolute atomic E-state index is 5.29. The fourth-order valence-corrected chi connectivity index (χ4v) is 0.293. The molecule has 0 fully saturated rings. The van der Waals surface area contributed by atoms with Crippen molar-refractivity contribution in [3.8, 4) is 0 Å². The summed E-state index contributed by atoms with van der Waals surface area (Å²) >= 11 is 0. The van der Waals surface area contributed by atoms with E-state index < -0.39 is 0 Å². The first-order valence-electron chi connectivity index (χ1n) is 2.82. The summed E-state index contributed by atoms with van der Waals surface area (Å²) in [6.07, 6.45) is 5.16. The van der Waals surface area contributed by atoms with Crippen LogP contribution >= 0.6 is 12.4 Å². The van der Waals surface area contributed by atoms with E-state index >= 15 is 0 Å². The van der Waals surface area contributed by atoms with Gasteiger partial charge in [-0.15, -0.1) is 12.4 Å². The zero-order valence-corrected chi connectivity index (χ0v) is 6.74. The van der Waals surface area contributed by atoms with Gasteiger partial charge < -0.3 is 11.1 Å². The predicted molar refractivity (Wildman–Crippen MR) is 44.0 cm³/mol. The molecule has 0 aromatic rings. The summed E-state index contributed by atoms with van der Waals surface area (Å²) in [7, 11) is 3.75. The first-order chi connectivity index (χ1) is 3.81. The van der Waals surface area contributed by atoms with E-state index in [9.17, 15) is 0 Å². The Hall–Kier alpha value is -0.0500. The molecule has 0 radical (unpaired) electrons. The number of hydrogen-bond acceptors (Lipinski definition) is 2. The average molecular weight is 151 g/mol. The minimum atomic E-state index is 0. The molecule has 1 aliphatic carbocycles. The summed E-state index contributed by atoms with van der Waals surface area (Å²) in [4.78, 5) is 0. The molecule has 1 atom stereocenters. The van der Waals surface area contributed by atoms with Crippen LogP contribution in [0.3, 0.4) is 0 Å². The molecule has 1 aliphatic rings. The smallest absolute Gasteiger partial charge is 0.0258 e. The summed E-state index contributed by atoms with van der Waals surface area (Å²) < 4.78 is 0. The van der Waals surface area contributed by atoms with Crippen LogP contribution in [0.2, 0.25) is 0 Å². The van der Waals surface area contributed by atoms with Gasteiger partial charge in [-0.05, 0) is 20.5 Å². The Bertz CT molecular complexity index is 73.5. The molecule has 1 rings (SSSR count). The van der Waals surface area contributed by atoms with Crippen LogP contribution in [0.15, 0.2) is 12.2 Å². The summed E-state index contributed by atoms with van der Waals surface area (Å²) in [6.45, 7) is 0. The number of nitrogens with one attached hydrogen (secondary N) is 1. The summed E-state index contributed by atoms with van der Waals surface area (Å²) in [5, 5.41) is 2.75. The fraction of sp³-hybridized carbons (Fsp3) is 0.667. The first kappa shape index (κ1) is 11.7. The van der Waals surface area contributed by atoms with E-state index in [1.165, 1.54) is 0 Å². The molecule has 56 valence electrons. The quantitative estimate of drug-likeness (QED) is 0.495. The van der Waals surface area contributed by atoms with Gasteiger partial charge in [-0.25, -0.2) is 0 Å². The molecule has 0 saturated heterocycles. The molecule has 0 bridgehead atoms. The minimum Gasteiger partial charge on any atom is -0.324 e. The van der Waals surface area contributed by atoms with Crippen molar-refractivity contribution >= 4 is 12.4 Å². The molecule has 0 heterocycles. The van der Waals surface area contributed by atoms with E-state index in [1.807, 2.05) is 20.2 Å². The predicted octanol–water partition coefficient (Wildman–Crippen LogP) is 0.531. The van der Waals surface area contributed by atoms with Crippen LogP contribution in [0.4, 0.5) is 0 Å². The molecule has 0 aliphatic heterocycles. The van der Waals surface area contributed by atoms with Gasteiger partial charge in [-0.3, -0.25) is 0 Å². The van der Waals surface area contributed by atoms with Crippen molar-refractivity contribution in [2.24, 2.45) is 5.73 Å². The average Bonchev–Trinajstić information content (AvgIpc) is 1.64.